The molecule has 0 heterocycles. The second-order valence-corrected chi connectivity index (χ2v) is 5.90. The molecule has 0 aliphatic rings. The largest absolute Gasteiger partial charge is 0.481 e. The van der Waals surface area contributed by atoms with Gasteiger partial charge in [0, 0.05) is 0 Å². The van der Waals surface area contributed by atoms with Crippen molar-refractivity contribution in [2.24, 2.45) is 5.92 Å². The lowest BCUT2D eigenvalue weighted by Gasteiger charge is -2.11. The Morgan fingerprint density at radius 3 is 2.16 bits per heavy atom. The molecule has 0 aliphatic carbocycles. The zero-order valence-corrected chi connectivity index (χ0v) is 11.6. The second-order valence-electron chi connectivity index (χ2n) is 4.31. The Hall–Kier alpha value is -1.19. The Bertz CT molecular complexity index is 386. The minimum Gasteiger partial charge on any atom is -0.481 e. The van der Waals surface area contributed by atoms with Crippen molar-refractivity contribution in [3.05, 3.63) is 0 Å². The van der Waals surface area contributed by atoms with Gasteiger partial charge in [0.2, 0.25) is 0 Å². The number of hydrogen-bond donors (Lipinski definition) is 2. The van der Waals surface area contributed by atoms with E-state index in [1.54, 1.807) is 0 Å². The molecule has 0 aromatic heterocycles. The topological polar surface area (TPSA) is 149 Å². The molecule has 0 rings (SSSR count). The molecule has 8 nitrogen and oxygen atoms in total. The van der Waals surface area contributed by atoms with Crippen LogP contribution in [0.4, 0.5) is 0 Å². The molecule has 0 fully saturated rings. The number of hydrogen-bond acceptors (Lipinski definition) is 5. The Labute approximate surface area is 111 Å². The number of rotatable bonds is 8. The van der Waals surface area contributed by atoms with Crippen molar-refractivity contribution in [1.29, 1.82) is 0 Å². The van der Waals surface area contributed by atoms with Gasteiger partial charge in [-0.2, -0.15) is 8.42 Å². The summed E-state index contributed by atoms with van der Waals surface area (Å²) >= 11 is 0. The number of aliphatic carboxylic acids is 1. The van der Waals surface area contributed by atoms with Crippen LogP contribution in [0.5, 0.6) is 0 Å². The van der Waals surface area contributed by atoms with Gasteiger partial charge in [0.25, 0.3) is 10.1 Å². The first-order chi connectivity index (χ1) is 8.14. The third-order valence-corrected chi connectivity index (χ3v) is 3.23. The van der Waals surface area contributed by atoms with Crippen LogP contribution in [0.25, 0.3) is 0 Å². The highest BCUT2D eigenvalue weighted by molar-refractivity contribution is 7.87. The molecule has 0 saturated heterocycles. The summed E-state index contributed by atoms with van der Waals surface area (Å²) in [5.74, 6) is -2.32. The van der Waals surface area contributed by atoms with Crippen molar-refractivity contribution >= 4 is 22.1 Å². The summed E-state index contributed by atoms with van der Waals surface area (Å²) in [7, 11) is -4.77. The van der Waals surface area contributed by atoms with E-state index < -0.39 is 33.7 Å². The molecular weight excluding hydrogens is 280 g/mol. The zero-order valence-electron chi connectivity index (χ0n) is 10.8. The van der Waals surface area contributed by atoms with Crippen LogP contribution in [0.3, 0.4) is 0 Å². The van der Waals surface area contributed by atoms with E-state index in [1.807, 2.05) is 13.8 Å². The second kappa shape index (κ2) is 8.83. The van der Waals surface area contributed by atoms with Gasteiger partial charge in [-0.05, 0) is 18.8 Å². The van der Waals surface area contributed by atoms with Gasteiger partial charge in [-0.3, -0.25) is 14.1 Å². The van der Waals surface area contributed by atoms with Gasteiger partial charge in [-0.25, -0.2) is 0 Å². The lowest BCUT2D eigenvalue weighted by atomic mass is 10.1. The summed E-state index contributed by atoms with van der Waals surface area (Å²) in [6.07, 6.45) is 0.333. The Morgan fingerprint density at radius 1 is 1.26 bits per heavy atom. The van der Waals surface area contributed by atoms with E-state index >= 15 is 0 Å². The molecule has 0 aliphatic heterocycles. The van der Waals surface area contributed by atoms with Gasteiger partial charge in [0.05, 0.1) is 13.0 Å². The van der Waals surface area contributed by atoms with Crippen molar-refractivity contribution < 1.29 is 37.9 Å². The van der Waals surface area contributed by atoms with Gasteiger partial charge >= 0.3 is 11.9 Å². The average Bonchev–Trinajstić information content (AvgIpc) is 2.18. The van der Waals surface area contributed by atoms with Gasteiger partial charge in [-0.15, -0.1) is 0 Å². The molecule has 114 valence electrons. The number of carbonyl (C=O) groups excluding carboxylic acids is 1. The van der Waals surface area contributed by atoms with E-state index in [0.29, 0.717) is 12.3 Å². The Morgan fingerprint density at radius 2 is 1.79 bits per heavy atom. The summed E-state index contributed by atoms with van der Waals surface area (Å²) < 4.78 is 35.1. The molecule has 0 bridgehead atoms. The van der Waals surface area contributed by atoms with Crippen molar-refractivity contribution in [3.8, 4) is 0 Å². The number of carboxylic acid groups (broad SMARTS) is 1. The molecule has 4 N–H and O–H groups in total. The molecule has 0 aromatic carbocycles. The predicted octanol–water partition coefficient (Wildman–Crippen LogP) is -0.128. The zero-order chi connectivity index (χ0) is 14.3. The highest BCUT2D eigenvalue weighted by Crippen LogP contribution is 2.09. The van der Waals surface area contributed by atoms with E-state index in [9.17, 15) is 18.0 Å². The molecule has 0 spiro atoms. The van der Waals surface area contributed by atoms with Crippen LogP contribution in [0.1, 0.15) is 33.1 Å². The van der Waals surface area contributed by atoms with Crippen LogP contribution in [0.2, 0.25) is 0 Å². The van der Waals surface area contributed by atoms with Crippen molar-refractivity contribution in [3.63, 3.8) is 0 Å². The molecule has 1 atom stereocenters. The first kappa shape index (κ1) is 20.1. The van der Waals surface area contributed by atoms with Crippen molar-refractivity contribution in [2.45, 2.75) is 38.4 Å². The molecule has 0 radical (unpaired) electrons. The monoisotopic (exact) mass is 300 g/mol. The average molecular weight is 300 g/mol. The summed E-state index contributed by atoms with van der Waals surface area (Å²) in [5.41, 5.74) is 0. The van der Waals surface area contributed by atoms with E-state index in [-0.39, 0.29) is 12.1 Å². The fraction of sp³-hybridized carbons (Fsp3) is 0.800. The van der Waals surface area contributed by atoms with E-state index in [4.69, 9.17) is 9.66 Å². The summed E-state index contributed by atoms with van der Waals surface area (Å²) in [6, 6.07) is 0. The lowest BCUT2D eigenvalue weighted by molar-refractivity contribution is -0.147. The molecule has 19 heavy (non-hydrogen) atoms. The lowest BCUT2D eigenvalue weighted by Crippen LogP contribution is -2.34. The minimum absolute atomic E-state index is 0. The van der Waals surface area contributed by atoms with Crippen molar-refractivity contribution in [1.82, 2.24) is 0 Å². The maximum Gasteiger partial charge on any atom is 0.327 e. The fourth-order valence-electron chi connectivity index (χ4n) is 1.23. The van der Waals surface area contributed by atoms with Gasteiger partial charge in [0.15, 0.2) is 5.25 Å². The van der Waals surface area contributed by atoms with Crippen LogP contribution < -0.4 is 0 Å². The maximum atomic E-state index is 11.3. The van der Waals surface area contributed by atoms with Crippen LogP contribution in [-0.2, 0) is 24.4 Å². The standard InChI is InChI=1S/C10H18O7S.H2O/c1-7(2)4-3-5-17-10(13)8(6-9(11)12)18(14,15)16;/h7-8H,3-6H2,1-2H3,(H,11,12)(H,14,15,16);1H2. The molecule has 0 saturated carbocycles. The van der Waals surface area contributed by atoms with Crippen LogP contribution in [-0.4, -0.2) is 47.3 Å². The Kier molecular flexibility index (Phi) is 9.36. The molecule has 1 unspecified atom stereocenters. The normalized spacial score (nSPS) is 12.6. The SMILES string of the molecule is CC(C)CCCOC(=O)C(CC(=O)O)S(=O)(=O)O.O. The van der Waals surface area contributed by atoms with Crippen molar-refractivity contribution in [2.75, 3.05) is 6.61 Å². The molecule has 0 amide bonds. The predicted molar refractivity (Wildman–Crippen MR) is 66.2 cm³/mol. The summed E-state index contributed by atoms with van der Waals surface area (Å²) in [6.45, 7) is 3.96. The van der Waals surface area contributed by atoms with E-state index in [2.05, 4.69) is 4.74 Å². The number of carbonyl (C=O) groups is 2. The fourth-order valence-corrected chi connectivity index (χ4v) is 1.89. The highest BCUT2D eigenvalue weighted by atomic mass is 32.2. The third-order valence-electron chi connectivity index (χ3n) is 2.15. The van der Waals surface area contributed by atoms with Gasteiger partial charge < -0.3 is 15.3 Å². The van der Waals surface area contributed by atoms with Gasteiger partial charge in [0.1, 0.15) is 0 Å². The number of ether oxygens (including phenoxy) is 1. The van der Waals surface area contributed by atoms with E-state index in [0.717, 1.165) is 6.42 Å². The van der Waals surface area contributed by atoms with Crippen LogP contribution >= 0.6 is 0 Å². The smallest absolute Gasteiger partial charge is 0.327 e. The molecule has 0 aromatic rings. The quantitative estimate of drug-likeness (QED) is 0.360. The first-order valence-corrected chi connectivity index (χ1v) is 6.99. The van der Waals surface area contributed by atoms with E-state index in [1.165, 1.54) is 0 Å². The van der Waals surface area contributed by atoms with Crippen LogP contribution in [0, 0.1) is 5.92 Å². The highest BCUT2D eigenvalue weighted by Gasteiger charge is 2.34. The van der Waals surface area contributed by atoms with Crippen LogP contribution in [0.15, 0.2) is 0 Å². The van der Waals surface area contributed by atoms with Gasteiger partial charge in [-0.1, -0.05) is 13.8 Å². The number of esters is 1. The number of carboxylic acids is 1. The summed E-state index contributed by atoms with van der Waals surface area (Å²) in [5, 5.41) is 6.40. The summed E-state index contributed by atoms with van der Waals surface area (Å²) in [4.78, 5) is 21.7. The minimum atomic E-state index is -4.77. The first-order valence-electron chi connectivity index (χ1n) is 5.49. The maximum absolute atomic E-state index is 11.3. The molecular formula is C10H20O8S. The molecule has 9 heteroatoms. The third kappa shape index (κ3) is 9.40. The Balaban J connectivity index is 0.